The Hall–Kier alpha value is -1.16. The monoisotopic (exact) mass is 222 g/mol. The summed E-state index contributed by atoms with van der Waals surface area (Å²) < 4.78 is 7.00. The Balaban J connectivity index is 2.36. The summed E-state index contributed by atoms with van der Waals surface area (Å²) in [5.74, 6) is 0.266. The van der Waals surface area contributed by atoms with Crippen molar-refractivity contribution in [3.8, 4) is 0 Å². The Kier molecular flexibility index (Phi) is 3.39. The Morgan fingerprint density at radius 1 is 1.44 bits per heavy atom. The van der Waals surface area contributed by atoms with E-state index < -0.39 is 0 Å². The predicted octanol–water partition coefficient (Wildman–Crippen LogP) is 1.61. The number of Topliss-reactive ketones (excluding diaryl/α,β-unsaturated/α-hetero) is 1. The molecule has 1 aliphatic carbocycles. The van der Waals surface area contributed by atoms with Crippen LogP contribution < -0.4 is 0 Å². The van der Waals surface area contributed by atoms with E-state index in [0.717, 1.165) is 42.8 Å². The molecule has 4 nitrogen and oxygen atoms in total. The molecule has 0 amide bonds. The van der Waals surface area contributed by atoms with Crippen molar-refractivity contribution >= 4 is 5.78 Å². The smallest absolute Gasteiger partial charge is 0.166 e. The number of carbonyl (C=O) groups excluding carboxylic acids is 1. The molecule has 0 unspecified atom stereocenters. The molecule has 0 atom stereocenters. The molecule has 1 aromatic heterocycles. The number of carbonyl (C=O) groups is 1. The first-order valence-electron chi connectivity index (χ1n) is 5.88. The van der Waals surface area contributed by atoms with Crippen LogP contribution in [0.3, 0.4) is 0 Å². The summed E-state index contributed by atoms with van der Waals surface area (Å²) >= 11 is 0. The number of hydrogen-bond acceptors (Lipinski definition) is 3. The quantitative estimate of drug-likeness (QED) is 0.777. The fourth-order valence-corrected chi connectivity index (χ4v) is 2.31. The van der Waals surface area contributed by atoms with Crippen molar-refractivity contribution in [2.45, 2.75) is 39.2 Å². The van der Waals surface area contributed by atoms with Crippen LogP contribution in [-0.2, 0) is 24.1 Å². The molecule has 1 aliphatic rings. The molecule has 0 N–H and O–H groups in total. The van der Waals surface area contributed by atoms with Gasteiger partial charge < -0.3 is 4.74 Å². The Bertz CT molecular complexity index is 396. The minimum atomic E-state index is 0.266. The van der Waals surface area contributed by atoms with Gasteiger partial charge in [0, 0.05) is 19.2 Å². The number of rotatable bonds is 4. The normalized spacial score (nSPS) is 15.2. The summed E-state index contributed by atoms with van der Waals surface area (Å²) in [6.45, 7) is 3.45. The van der Waals surface area contributed by atoms with E-state index in [1.54, 1.807) is 7.11 Å². The van der Waals surface area contributed by atoms with Crippen molar-refractivity contribution < 1.29 is 9.53 Å². The molecule has 16 heavy (non-hydrogen) atoms. The van der Waals surface area contributed by atoms with Crippen molar-refractivity contribution in [1.82, 2.24) is 9.78 Å². The number of fused-ring (bicyclic) bond motifs is 1. The van der Waals surface area contributed by atoms with Crippen LogP contribution >= 0.6 is 0 Å². The first-order chi connectivity index (χ1) is 7.77. The first kappa shape index (κ1) is 11.3. The zero-order valence-electron chi connectivity index (χ0n) is 9.95. The Morgan fingerprint density at radius 2 is 2.25 bits per heavy atom. The standard InChI is InChI=1S/C12H18N2O2/c1-3-10-12-9(5-4-6-11(12)15)13-14(10)7-8-16-2/h3-8H2,1-2H3. The summed E-state index contributed by atoms with van der Waals surface area (Å²) in [6.07, 6.45) is 3.41. The van der Waals surface area contributed by atoms with Crippen LogP contribution in [0, 0.1) is 0 Å². The molecule has 0 aromatic carbocycles. The predicted molar refractivity (Wildman–Crippen MR) is 60.7 cm³/mol. The van der Waals surface area contributed by atoms with E-state index in [4.69, 9.17) is 4.74 Å². The summed E-state index contributed by atoms with van der Waals surface area (Å²) in [5.41, 5.74) is 2.96. The fourth-order valence-electron chi connectivity index (χ4n) is 2.31. The molecular weight excluding hydrogens is 204 g/mol. The van der Waals surface area contributed by atoms with Crippen LogP contribution in [0.25, 0.3) is 0 Å². The van der Waals surface area contributed by atoms with Crippen molar-refractivity contribution in [2.24, 2.45) is 0 Å². The minimum Gasteiger partial charge on any atom is -0.383 e. The van der Waals surface area contributed by atoms with Gasteiger partial charge in [-0.1, -0.05) is 6.92 Å². The van der Waals surface area contributed by atoms with Gasteiger partial charge in [0.25, 0.3) is 0 Å². The van der Waals surface area contributed by atoms with Gasteiger partial charge in [-0.2, -0.15) is 5.10 Å². The first-order valence-corrected chi connectivity index (χ1v) is 5.88. The number of ketones is 1. The highest BCUT2D eigenvalue weighted by atomic mass is 16.5. The summed E-state index contributed by atoms with van der Waals surface area (Å²) in [6, 6.07) is 0. The number of ether oxygens (including phenoxy) is 1. The third kappa shape index (κ3) is 1.89. The molecule has 0 radical (unpaired) electrons. The van der Waals surface area contributed by atoms with Crippen LogP contribution in [0.1, 0.15) is 41.5 Å². The topological polar surface area (TPSA) is 44.1 Å². The zero-order valence-corrected chi connectivity index (χ0v) is 9.95. The van der Waals surface area contributed by atoms with Gasteiger partial charge in [0.15, 0.2) is 5.78 Å². The van der Waals surface area contributed by atoms with Gasteiger partial charge in [0.1, 0.15) is 0 Å². The van der Waals surface area contributed by atoms with Crippen molar-refractivity contribution in [1.29, 1.82) is 0 Å². The zero-order chi connectivity index (χ0) is 11.5. The van der Waals surface area contributed by atoms with Crippen LogP contribution in [0.2, 0.25) is 0 Å². The molecule has 4 heteroatoms. The molecular formula is C12H18N2O2. The second-order valence-electron chi connectivity index (χ2n) is 4.11. The highest BCUT2D eigenvalue weighted by Crippen LogP contribution is 2.24. The highest BCUT2D eigenvalue weighted by Gasteiger charge is 2.25. The van der Waals surface area contributed by atoms with Gasteiger partial charge >= 0.3 is 0 Å². The van der Waals surface area contributed by atoms with Crippen molar-refractivity contribution in [3.63, 3.8) is 0 Å². The number of aryl methyl sites for hydroxylation is 1. The van der Waals surface area contributed by atoms with E-state index in [1.807, 2.05) is 4.68 Å². The average molecular weight is 222 g/mol. The minimum absolute atomic E-state index is 0.266. The second-order valence-corrected chi connectivity index (χ2v) is 4.11. The lowest BCUT2D eigenvalue weighted by Gasteiger charge is -2.09. The van der Waals surface area contributed by atoms with E-state index in [1.165, 1.54) is 0 Å². The highest BCUT2D eigenvalue weighted by molar-refractivity contribution is 5.99. The molecule has 0 saturated carbocycles. The maximum atomic E-state index is 11.9. The third-order valence-electron chi connectivity index (χ3n) is 3.07. The molecule has 0 fully saturated rings. The van der Waals surface area contributed by atoms with Gasteiger partial charge in [0.2, 0.25) is 0 Å². The molecule has 0 saturated heterocycles. The van der Waals surface area contributed by atoms with Crippen LogP contribution in [0.15, 0.2) is 0 Å². The van der Waals surface area contributed by atoms with E-state index >= 15 is 0 Å². The molecule has 0 aliphatic heterocycles. The molecule has 1 aromatic rings. The second kappa shape index (κ2) is 4.78. The van der Waals surface area contributed by atoms with Crippen LogP contribution in [0.5, 0.6) is 0 Å². The molecule has 88 valence electrons. The van der Waals surface area contributed by atoms with Gasteiger partial charge in [0.05, 0.1) is 24.4 Å². The molecule has 0 spiro atoms. The summed E-state index contributed by atoms with van der Waals surface area (Å²) in [4.78, 5) is 11.9. The Labute approximate surface area is 95.6 Å². The van der Waals surface area contributed by atoms with Gasteiger partial charge in [-0.3, -0.25) is 9.48 Å². The summed E-state index contributed by atoms with van der Waals surface area (Å²) in [7, 11) is 1.68. The van der Waals surface area contributed by atoms with E-state index in [2.05, 4.69) is 12.0 Å². The van der Waals surface area contributed by atoms with Gasteiger partial charge in [-0.05, 0) is 19.3 Å². The van der Waals surface area contributed by atoms with Gasteiger partial charge in [-0.25, -0.2) is 0 Å². The largest absolute Gasteiger partial charge is 0.383 e. The van der Waals surface area contributed by atoms with E-state index in [0.29, 0.717) is 13.0 Å². The number of hydrogen-bond donors (Lipinski definition) is 0. The van der Waals surface area contributed by atoms with Crippen molar-refractivity contribution in [2.75, 3.05) is 13.7 Å². The average Bonchev–Trinajstić information content (AvgIpc) is 2.65. The maximum Gasteiger partial charge on any atom is 0.166 e. The van der Waals surface area contributed by atoms with Gasteiger partial charge in [-0.15, -0.1) is 0 Å². The third-order valence-corrected chi connectivity index (χ3v) is 3.07. The van der Waals surface area contributed by atoms with Crippen LogP contribution in [-0.4, -0.2) is 29.3 Å². The van der Waals surface area contributed by atoms with E-state index in [-0.39, 0.29) is 5.78 Å². The van der Waals surface area contributed by atoms with E-state index in [9.17, 15) is 4.79 Å². The molecule has 0 bridgehead atoms. The molecule has 1 heterocycles. The van der Waals surface area contributed by atoms with Crippen molar-refractivity contribution in [3.05, 3.63) is 17.0 Å². The summed E-state index contributed by atoms with van der Waals surface area (Å²) in [5, 5.41) is 4.53. The maximum absolute atomic E-state index is 11.9. The van der Waals surface area contributed by atoms with Crippen LogP contribution in [0.4, 0.5) is 0 Å². The lowest BCUT2D eigenvalue weighted by atomic mass is 9.94. The SMILES string of the molecule is CCc1c2c(nn1CCOC)CCCC2=O. The lowest BCUT2D eigenvalue weighted by molar-refractivity contribution is 0.0971. The Morgan fingerprint density at radius 3 is 2.94 bits per heavy atom. The number of methoxy groups -OCH3 is 1. The fraction of sp³-hybridized carbons (Fsp3) is 0.667. The molecule has 2 rings (SSSR count). The number of aromatic nitrogens is 2. The lowest BCUT2D eigenvalue weighted by Crippen LogP contribution is -2.12. The number of nitrogens with zero attached hydrogens (tertiary/aromatic N) is 2.